The van der Waals surface area contributed by atoms with Crippen LogP contribution in [0.25, 0.3) is 10.8 Å². The maximum atomic E-state index is 11.2. The molecule has 0 radical (unpaired) electrons. The quantitative estimate of drug-likeness (QED) is 0.686. The van der Waals surface area contributed by atoms with Crippen LogP contribution in [0.2, 0.25) is 0 Å². The van der Waals surface area contributed by atoms with E-state index in [9.17, 15) is 9.90 Å². The number of piperidine rings is 1. The van der Waals surface area contributed by atoms with Crippen molar-refractivity contribution in [2.75, 3.05) is 25.1 Å². The Morgan fingerprint density at radius 1 is 1.03 bits per heavy atom. The average molecular weight is 393 g/mol. The molecule has 0 spiro atoms. The third-order valence-electron chi connectivity index (χ3n) is 5.32. The van der Waals surface area contributed by atoms with Gasteiger partial charge in [-0.25, -0.2) is 0 Å². The molecule has 1 aliphatic heterocycles. The van der Waals surface area contributed by atoms with Crippen molar-refractivity contribution in [2.45, 2.75) is 19.4 Å². The number of ether oxygens (including phenoxy) is 2. The second-order valence-electron chi connectivity index (χ2n) is 7.05. The normalized spacial score (nSPS) is 14.7. The van der Waals surface area contributed by atoms with Crippen LogP contribution in [0.4, 0.5) is 5.82 Å². The lowest BCUT2D eigenvalue weighted by atomic mass is 9.97. The van der Waals surface area contributed by atoms with Crippen LogP contribution in [0.15, 0.2) is 48.5 Å². The van der Waals surface area contributed by atoms with Crippen LogP contribution in [0.3, 0.4) is 0 Å². The molecule has 4 rings (SSSR count). The van der Waals surface area contributed by atoms with Crippen LogP contribution in [0.1, 0.15) is 18.5 Å². The van der Waals surface area contributed by atoms with E-state index in [1.807, 2.05) is 48.5 Å². The van der Waals surface area contributed by atoms with E-state index in [1.54, 1.807) is 7.11 Å². The van der Waals surface area contributed by atoms with Gasteiger partial charge in [-0.2, -0.15) is 0 Å². The molecule has 2 heterocycles. The molecule has 1 aromatic heterocycles. The monoisotopic (exact) mass is 393 g/mol. The molecule has 150 valence electrons. The van der Waals surface area contributed by atoms with Crippen LogP contribution in [-0.2, 0) is 11.4 Å². The van der Waals surface area contributed by atoms with Gasteiger partial charge in [0, 0.05) is 23.9 Å². The summed E-state index contributed by atoms with van der Waals surface area (Å²) < 4.78 is 11.3. The van der Waals surface area contributed by atoms with E-state index in [2.05, 4.69) is 15.1 Å². The number of fused-ring (bicyclic) bond motifs is 1. The number of aromatic nitrogens is 2. The summed E-state index contributed by atoms with van der Waals surface area (Å²) in [7, 11) is 1.61. The first-order valence-corrected chi connectivity index (χ1v) is 9.65. The Kier molecular flexibility index (Phi) is 5.46. The molecule has 7 heteroatoms. The molecule has 29 heavy (non-hydrogen) atoms. The first-order valence-electron chi connectivity index (χ1n) is 9.65. The van der Waals surface area contributed by atoms with Gasteiger partial charge in [0.15, 0.2) is 17.3 Å². The molecule has 0 amide bonds. The lowest BCUT2D eigenvalue weighted by Gasteiger charge is -2.31. The van der Waals surface area contributed by atoms with Crippen LogP contribution in [0.5, 0.6) is 11.5 Å². The van der Waals surface area contributed by atoms with Crippen molar-refractivity contribution < 1.29 is 19.4 Å². The van der Waals surface area contributed by atoms with E-state index in [-0.39, 0.29) is 12.5 Å². The van der Waals surface area contributed by atoms with Gasteiger partial charge in [-0.3, -0.25) is 4.79 Å². The van der Waals surface area contributed by atoms with Crippen LogP contribution in [0, 0.1) is 5.92 Å². The Morgan fingerprint density at radius 2 is 1.69 bits per heavy atom. The topological polar surface area (TPSA) is 84.8 Å². The zero-order valence-corrected chi connectivity index (χ0v) is 16.2. The molecular weight excluding hydrogens is 370 g/mol. The van der Waals surface area contributed by atoms with Gasteiger partial charge in [0.25, 0.3) is 0 Å². The van der Waals surface area contributed by atoms with Crippen molar-refractivity contribution in [3.8, 4) is 11.5 Å². The maximum absolute atomic E-state index is 11.2. The standard InChI is InChI=1S/C22H23N3O4/c1-28-19-8-4-5-9-20(19)29-14-18-16-6-2-3-7-17(16)21(24-23-18)25-12-10-15(11-13-25)22(26)27/h2-9,15H,10-14H2,1H3,(H,26,27). The predicted molar refractivity (Wildman–Crippen MR) is 109 cm³/mol. The molecule has 0 bridgehead atoms. The molecule has 1 fully saturated rings. The summed E-state index contributed by atoms with van der Waals surface area (Å²) >= 11 is 0. The molecule has 0 aliphatic carbocycles. The van der Waals surface area contributed by atoms with E-state index in [0.29, 0.717) is 37.4 Å². The molecule has 2 aromatic carbocycles. The number of methoxy groups -OCH3 is 1. The molecule has 1 N–H and O–H groups in total. The van der Waals surface area contributed by atoms with Crippen LogP contribution < -0.4 is 14.4 Å². The lowest BCUT2D eigenvalue weighted by Crippen LogP contribution is -2.37. The fourth-order valence-electron chi connectivity index (χ4n) is 3.71. The van der Waals surface area contributed by atoms with Crippen molar-refractivity contribution in [3.63, 3.8) is 0 Å². The molecule has 3 aromatic rings. The van der Waals surface area contributed by atoms with Crippen molar-refractivity contribution in [1.29, 1.82) is 0 Å². The summed E-state index contributed by atoms with van der Waals surface area (Å²) in [6.07, 6.45) is 1.23. The van der Waals surface area contributed by atoms with Gasteiger partial charge < -0.3 is 19.5 Å². The summed E-state index contributed by atoms with van der Waals surface area (Å²) in [4.78, 5) is 13.3. The molecule has 1 saturated heterocycles. The Labute approximate surface area is 168 Å². The highest BCUT2D eigenvalue weighted by molar-refractivity contribution is 5.93. The second-order valence-corrected chi connectivity index (χ2v) is 7.05. The highest BCUT2D eigenvalue weighted by Crippen LogP contribution is 2.31. The first kappa shape index (κ1) is 19.0. The highest BCUT2D eigenvalue weighted by Gasteiger charge is 2.26. The lowest BCUT2D eigenvalue weighted by molar-refractivity contribution is -0.142. The number of anilines is 1. The molecule has 7 nitrogen and oxygen atoms in total. The largest absolute Gasteiger partial charge is 0.493 e. The number of carbonyl (C=O) groups is 1. The number of hydrogen-bond acceptors (Lipinski definition) is 6. The Hall–Kier alpha value is -3.35. The average Bonchev–Trinajstić information content (AvgIpc) is 2.77. The van der Waals surface area contributed by atoms with E-state index >= 15 is 0 Å². The molecule has 0 atom stereocenters. The fourth-order valence-corrected chi connectivity index (χ4v) is 3.71. The fraction of sp³-hybridized carbons (Fsp3) is 0.318. The van der Waals surface area contributed by atoms with Gasteiger partial charge in [0.05, 0.1) is 13.0 Å². The van der Waals surface area contributed by atoms with Crippen molar-refractivity contribution >= 4 is 22.6 Å². The number of benzene rings is 2. The van der Waals surface area contributed by atoms with Gasteiger partial charge in [-0.15, -0.1) is 10.2 Å². The summed E-state index contributed by atoms with van der Waals surface area (Å²) in [5.74, 6) is 1.12. The summed E-state index contributed by atoms with van der Waals surface area (Å²) in [5, 5.41) is 20.1. The summed E-state index contributed by atoms with van der Waals surface area (Å²) in [5.41, 5.74) is 0.746. The Morgan fingerprint density at radius 3 is 2.38 bits per heavy atom. The Bertz CT molecular complexity index is 1020. The molecule has 0 saturated carbocycles. The number of rotatable bonds is 6. The van der Waals surface area contributed by atoms with E-state index < -0.39 is 5.97 Å². The number of para-hydroxylation sites is 2. The molecular formula is C22H23N3O4. The van der Waals surface area contributed by atoms with Gasteiger partial charge in [-0.1, -0.05) is 36.4 Å². The van der Waals surface area contributed by atoms with Crippen molar-refractivity contribution in [1.82, 2.24) is 10.2 Å². The number of carboxylic acids is 1. The Balaban J connectivity index is 1.58. The zero-order valence-electron chi connectivity index (χ0n) is 16.2. The number of hydrogen-bond donors (Lipinski definition) is 1. The minimum Gasteiger partial charge on any atom is -0.493 e. The minimum absolute atomic E-state index is 0.273. The van der Waals surface area contributed by atoms with E-state index in [4.69, 9.17) is 9.47 Å². The minimum atomic E-state index is -0.718. The van der Waals surface area contributed by atoms with Gasteiger partial charge in [-0.05, 0) is 25.0 Å². The first-order chi connectivity index (χ1) is 14.2. The zero-order chi connectivity index (χ0) is 20.2. The van der Waals surface area contributed by atoms with Crippen molar-refractivity contribution in [3.05, 3.63) is 54.2 Å². The third kappa shape index (κ3) is 3.94. The number of aliphatic carboxylic acids is 1. The van der Waals surface area contributed by atoms with Gasteiger partial charge >= 0.3 is 5.97 Å². The SMILES string of the molecule is COc1ccccc1OCc1nnc(N2CCC(C(=O)O)CC2)c2ccccc12. The maximum Gasteiger partial charge on any atom is 0.306 e. The second kappa shape index (κ2) is 8.34. The predicted octanol–water partition coefficient (Wildman–Crippen LogP) is 3.52. The van der Waals surface area contributed by atoms with Gasteiger partial charge in [0.2, 0.25) is 0 Å². The van der Waals surface area contributed by atoms with Crippen LogP contribution >= 0.6 is 0 Å². The molecule has 0 unspecified atom stereocenters. The van der Waals surface area contributed by atoms with E-state index in [1.165, 1.54) is 0 Å². The highest BCUT2D eigenvalue weighted by atomic mass is 16.5. The number of carboxylic acid groups (broad SMARTS) is 1. The summed E-state index contributed by atoms with van der Waals surface area (Å²) in [6, 6.07) is 15.5. The van der Waals surface area contributed by atoms with E-state index in [0.717, 1.165) is 22.3 Å². The number of nitrogens with zero attached hydrogens (tertiary/aromatic N) is 3. The third-order valence-corrected chi connectivity index (χ3v) is 5.32. The summed E-state index contributed by atoms with van der Waals surface area (Å²) in [6.45, 7) is 1.59. The van der Waals surface area contributed by atoms with Gasteiger partial charge in [0.1, 0.15) is 12.3 Å². The van der Waals surface area contributed by atoms with Crippen molar-refractivity contribution in [2.24, 2.45) is 5.92 Å². The van der Waals surface area contributed by atoms with Crippen LogP contribution in [-0.4, -0.2) is 41.5 Å². The molecule has 1 aliphatic rings. The smallest absolute Gasteiger partial charge is 0.306 e.